The molecule has 0 heterocycles. The molecule has 114 valence electrons. The second kappa shape index (κ2) is 8.98. The Kier molecular flexibility index (Phi) is 7.63. The fraction of sp³-hybridized carbons (Fsp3) is 0.647. The largest absolute Gasteiger partial charge is 0.492 e. The maximum Gasteiger partial charge on any atom is 0.119 e. The molecule has 0 fully saturated rings. The summed E-state index contributed by atoms with van der Waals surface area (Å²) >= 11 is 0. The SMILES string of the molecule is CNCCCN(C)CCOc1ccc(C(C)C)c(C)c1. The van der Waals surface area contributed by atoms with Gasteiger partial charge in [0, 0.05) is 6.54 Å². The van der Waals surface area contributed by atoms with E-state index in [1.807, 2.05) is 7.05 Å². The minimum Gasteiger partial charge on any atom is -0.492 e. The van der Waals surface area contributed by atoms with Gasteiger partial charge in [0.05, 0.1) is 0 Å². The van der Waals surface area contributed by atoms with Crippen molar-refractivity contribution in [3.8, 4) is 5.75 Å². The van der Waals surface area contributed by atoms with E-state index in [0.29, 0.717) is 5.92 Å². The summed E-state index contributed by atoms with van der Waals surface area (Å²) in [6.07, 6.45) is 1.18. The average Bonchev–Trinajstić information content (AvgIpc) is 2.38. The smallest absolute Gasteiger partial charge is 0.119 e. The zero-order valence-corrected chi connectivity index (χ0v) is 13.7. The molecule has 1 N–H and O–H groups in total. The summed E-state index contributed by atoms with van der Waals surface area (Å²) in [7, 11) is 4.14. The van der Waals surface area contributed by atoms with Gasteiger partial charge in [0.1, 0.15) is 12.4 Å². The number of nitrogens with one attached hydrogen (secondary N) is 1. The first-order valence-corrected chi connectivity index (χ1v) is 7.61. The van der Waals surface area contributed by atoms with E-state index in [1.165, 1.54) is 17.5 Å². The summed E-state index contributed by atoms with van der Waals surface area (Å²) in [4.78, 5) is 2.31. The van der Waals surface area contributed by atoms with Gasteiger partial charge in [0.15, 0.2) is 0 Å². The maximum atomic E-state index is 5.84. The standard InChI is InChI=1S/C17H30N2O/c1-14(2)17-8-7-16(13-15(17)3)20-12-11-19(5)10-6-9-18-4/h7-8,13-14,18H,6,9-12H2,1-5H3. The van der Waals surface area contributed by atoms with Gasteiger partial charge in [0.2, 0.25) is 0 Å². The monoisotopic (exact) mass is 278 g/mol. The highest BCUT2D eigenvalue weighted by atomic mass is 16.5. The number of nitrogens with zero attached hydrogens (tertiary/aromatic N) is 1. The first-order chi connectivity index (χ1) is 9.54. The topological polar surface area (TPSA) is 24.5 Å². The van der Waals surface area contributed by atoms with E-state index in [0.717, 1.165) is 32.0 Å². The van der Waals surface area contributed by atoms with E-state index in [9.17, 15) is 0 Å². The van der Waals surface area contributed by atoms with Crippen LogP contribution in [0.2, 0.25) is 0 Å². The molecule has 3 heteroatoms. The van der Waals surface area contributed by atoms with Crippen LogP contribution in [0.3, 0.4) is 0 Å². The maximum absolute atomic E-state index is 5.84. The zero-order valence-electron chi connectivity index (χ0n) is 13.7. The van der Waals surface area contributed by atoms with Crippen molar-refractivity contribution < 1.29 is 4.74 Å². The van der Waals surface area contributed by atoms with Crippen molar-refractivity contribution in [3.05, 3.63) is 29.3 Å². The van der Waals surface area contributed by atoms with Crippen LogP contribution in [-0.4, -0.2) is 45.2 Å². The highest BCUT2D eigenvalue weighted by molar-refractivity contribution is 5.36. The number of ether oxygens (including phenoxy) is 1. The van der Waals surface area contributed by atoms with Crippen molar-refractivity contribution >= 4 is 0 Å². The lowest BCUT2D eigenvalue weighted by Gasteiger charge is -2.17. The number of benzene rings is 1. The molecule has 0 spiro atoms. The van der Waals surface area contributed by atoms with Crippen LogP contribution in [0.25, 0.3) is 0 Å². The Morgan fingerprint density at radius 1 is 1.25 bits per heavy atom. The van der Waals surface area contributed by atoms with Gasteiger partial charge in [0.25, 0.3) is 0 Å². The van der Waals surface area contributed by atoms with Gasteiger partial charge in [-0.3, -0.25) is 0 Å². The van der Waals surface area contributed by atoms with Crippen LogP contribution >= 0.6 is 0 Å². The van der Waals surface area contributed by atoms with Crippen molar-refractivity contribution in [3.63, 3.8) is 0 Å². The molecular formula is C17H30N2O. The third-order valence-electron chi connectivity index (χ3n) is 3.57. The van der Waals surface area contributed by atoms with Crippen LogP contribution < -0.4 is 10.1 Å². The minimum absolute atomic E-state index is 0.572. The lowest BCUT2D eigenvalue weighted by atomic mass is 9.98. The summed E-state index contributed by atoms with van der Waals surface area (Å²) in [6, 6.07) is 6.42. The van der Waals surface area contributed by atoms with E-state index in [1.54, 1.807) is 0 Å². The molecule has 0 aromatic heterocycles. The number of rotatable bonds is 9. The van der Waals surface area contributed by atoms with E-state index in [2.05, 4.69) is 56.2 Å². The lowest BCUT2D eigenvalue weighted by Crippen LogP contribution is -2.27. The fourth-order valence-corrected chi connectivity index (χ4v) is 2.34. The van der Waals surface area contributed by atoms with Crippen LogP contribution in [0.1, 0.15) is 37.3 Å². The summed E-state index contributed by atoms with van der Waals surface area (Å²) in [5, 5.41) is 3.17. The van der Waals surface area contributed by atoms with Gasteiger partial charge in [-0.25, -0.2) is 0 Å². The van der Waals surface area contributed by atoms with Crippen molar-refractivity contribution in [2.75, 3.05) is 40.3 Å². The lowest BCUT2D eigenvalue weighted by molar-refractivity contribution is 0.235. The van der Waals surface area contributed by atoms with E-state index < -0.39 is 0 Å². The molecule has 0 unspecified atom stereocenters. The average molecular weight is 278 g/mol. The Hall–Kier alpha value is -1.06. The normalized spacial score (nSPS) is 11.3. The Balaban J connectivity index is 2.33. The van der Waals surface area contributed by atoms with Gasteiger partial charge in [-0.1, -0.05) is 19.9 Å². The Morgan fingerprint density at radius 2 is 2.00 bits per heavy atom. The Morgan fingerprint density at radius 3 is 2.60 bits per heavy atom. The minimum atomic E-state index is 0.572. The zero-order chi connectivity index (χ0) is 15.0. The molecular weight excluding hydrogens is 248 g/mol. The summed E-state index contributed by atoms with van der Waals surface area (Å²) in [5.41, 5.74) is 2.72. The van der Waals surface area contributed by atoms with Crippen molar-refractivity contribution in [2.24, 2.45) is 0 Å². The molecule has 0 aliphatic rings. The molecule has 0 bridgehead atoms. The summed E-state index contributed by atoms with van der Waals surface area (Å²) in [6.45, 7) is 10.5. The second-order valence-corrected chi connectivity index (χ2v) is 5.78. The van der Waals surface area contributed by atoms with Crippen LogP contribution in [0.15, 0.2) is 18.2 Å². The molecule has 1 aromatic carbocycles. The second-order valence-electron chi connectivity index (χ2n) is 5.78. The quantitative estimate of drug-likeness (QED) is 0.703. The van der Waals surface area contributed by atoms with Crippen LogP contribution in [-0.2, 0) is 0 Å². The first kappa shape index (κ1) is 17.0. The molecule has 20 heavy (non-hydrogen) atoms. The Bertz CT molecular complexity index is 391. The molecule has 1 rings (SSSR count). The number of hydrogen-bond acceptors (Lipinski definition) is 3. The van der Waals surface area contributed by atoms with Gasteiger partial charge >= 0.3 is 0 Å². The van der Waals surface area contributed by atoms with Gasteiger partial charge in [-0.15, -0.1) is 0 Å². The summed E-state index contributed by atoms with van der Waals surface area (Å²) < 4.78 is 5.84. The highest BCUT2D eigenvalue weighted by Gasteiger charge is 2.05. The molecule has 0 amide bonds. The van der Waals surface area contributed by atoms with Crippen LogP contribution in [0, 0.1) is 6.92 Å². The highest BCUT2D eigenvalue weighted by Crippen LogP contribution is 2.23. The van der Waals surface area contributed by atoms with E-state index >= 15 is 0 Å². The fourth-order valence-electron chi connectivity index (χ4n) is 2.34. The molecule has 0 atom stereocenters. The molecule has 1 aromatic rings. The summed E-state index contributed by atoms with van der Waals surface area (Å²) in [5.74, 6) is 1.55. The number of likely N-dealkylation sites (N-methyl/N-ethyl adjacent to an activating group) is 1. The predicted molar refractivity (Wildman–Crippen MR) is 86.8 cm³/mol. The van der Waals surface area contributed by atoms with Crippen molar-refractivity contribution in [2.45, 2.75) is 33.1 Å². The molecule has 0 saturated carbocycles. The van der Waals surface area contributed by atoms with Crippen LogP contribution in [0.4, 0.5) is 0 Å². The third-order valence-corrected chi connectivity index (χ3v) is 3.57. The number of hydrogen-bond donors (Lipinski definition) is 1. The van der Waals surface area contributed by atoms with Gasteiger partial charge < -0.3 is 15.0 Å². The molecule has 0 aliphatic carbocycles. The molecule has 3 nitrogen and oxygen atoms in total. The number of aryl methyl sites for hydroxylation is 1. The van der Waals surface area contributed by atoms with Crippen molar-refractivity contribution in [1.29, 1.82) is 0 Å². The van der Waals surface area contributed by atoms with Crippen LogP contribution in [0.5, 0.6) is 5.75 Å². The van der Waals surface area contributed by atoms with Gasteiger partial charge in [-0.2, -0.15) is 0 Å². The van der Waals surface area contributed by atoms with Crippen molar-refractivity contribution in [1.82, 2.24) is 10.2 Å². The first-order valence-electron chi connectivity index (χ1n) is 7.61. The molecule has 0 aliphatic heterocycles. The van der Waals surface area contributed by atoms with E-state index in [-0.39, 0.29) is 0 Å². The third kappa shape index (κ3) is 5.93. The molecule has 0 radical (unpaired) electrons. The predicted octanol–water partition coefficient (Wildman–Crippen LogP) is 3.04. The Labute approximate surface area is 124 Å². The van der Waals surface area contributed by atoms with Gasteiger partial charge in [-0.05, 0) is 69.7 Å². The van der Waals surface area contributed by atoms with E-state index in [4.69, 9.17) is 4.74 Å². The molecule has 0 saturated heterocycles.